The number of benzene rings is 1. The van der Waals surface area contributed by atoms with E-state index in [1.54, 1.807) is 24.2 Å². The van der Waals surface area contributed by atoms with E-state index in [1.165, 1.54) is 0 Å². The number of urea groups is 1. The Kier molecular flexibility index (Phi) is 5.84. The van der Waals surface area contributed by atoms with Gasteiger partial charge in [0.05, 0.1) is 18.3 Å². The minimum atomic E-state index is -2.37. The Hall–Kier alpha value is -3.14. The summed E-state index contributed by atoms with van der Waals surface area (Å²) in [5.41, 5.74) is 1.50. The number of fused-ring (bicyclic) bond motifs is 1. The van der Waals surface area contributed by atoms with Gasteiger partial charge in [-0.3, -0.25) is 5.32 Å². The van der Waals surface area contributed by atoms with E-state index >= 15 is 0 Å². The molecule has 0 saturated carbocycles. The smallest absolute Gasteiger partial charge is 0.324 e. The van der Waals surface area contributed by atoms with Crippen LogP contribution < -0.4 is 10.6 Å². The summed E-state index contributed by atoms with van der Waals surface area (Å²) in [6.45, 7) is 2.42. The van der Waals surface area contributed by atoms with Gasteiger partial charge in [-0.25, -0.2) is 28.5 Å². The van der Waals surface area contributed by atoms with E-state index in [9.17, 15) is 13.6 Å². The normalized spacial score (nSPS) is 15.1. The number of oxazole rings is 1. The molecule has 2 aromatic heterocycles. The number of aromatic nitrogens is 3. The van der Waals surface area contributed by atoms with Gasteiger partial charge in [0.15, 0.2) is 11.7 Å². The van der Waals surface area contributed by atoms with Crippen molar-refractivity contribution >= 4 is 22.9 Å². The van der Waals surface area contributed by atoms with Crippen LogP contribution in [0.2, 0.25) is 0 Å². The molecule has 158 valence electrons. The highest BCUT2D eigenvalue weighted by Gasteiger charge is 2.23. The lowest BCUT2D eigenvalue weighted by Gasteiger charge is -2.32. The third-order valence-corrected chi connectivity index (χ3v) is 5.05. The second-order valence-electron chi connectivity index (χ2n) is 7.20. The number of nitrogens with zero attached hydrogens (tertiary/aromatic N) is 4. The first-order chi connectivity index (χ1) is 14.5. The van der Waals surface area contributed by atoms with Gasteiger partial charge < -0.3 is 14.6 Å². The van der Waals surface area contributed by atoms with Crippen LogP contribution in [0.25, 0.3) is 22.2 Å². The second-order valence-corrected chi connectivity index (χ2v) is 7.20. The molecule has 2 N–H and O–H groups in total. The molecule has 10 heteroatoms. The van der Waals surface area contributed by atoms with Crippen molar-refractivity contribution in [2.75, 3.05) is 25.0 Å². The number of anilines is 1. The zero-order valence-electron chi connectivity index (χ0n) is 16.4. The van der Waals surface area contributed by atoms with Crippen molar-refractivity contribution in [2.24, 2.45) is 0 Å². The van der Waals surface area contributed by atoms with Crippen LogP contribution in [0.1, 0.15) is 18.7 Å². The quantitative estimate of drug-likeness (QED) is 0.662. The number of halogens is 2. The fourth-order valence-corrected chi connectivity index (χ4v) is 3.45. The molecule has 0 bridgehead atoms. The topological polar surface area (TPSA) is 96.2 Å². The molecule has 3 aromatic rings. The number of aryl methyl sites for hydroxylation is 1. The summed E-state index contributed by atoms with van der Waals surface area (Å²) in [4.78, 5) is 26.9. The number of likely N-dealkylation sites (tertiary alicyclic amines) is 1. The lowest BCUT2D eigenvalue weighted by molar-refractivity contribution is 0.132. The molecule has 1 aliphatic heterocycles. The Morgan fingerprint density at radius 2 is 2.07 bits per heavy atom. The van der Waals surface area contributed by atoms with E-state index < -0.39 is 6.43 Å². The average molecular weight is 416 g/mol. The molecular weight excluding hydrogens is 394 g/mol. The van der Waals surface area contributed by atoms with Crippen LogP contribution in [-0.2, 0) is 0 Å². The number of amides is 2. The molecule has 0 unspecified atom stereocenters. The summed E-state index contributed by atoms with van der Waals surface area (Å²) in [5.74, 6) is 1.42. The van der Waals surface area contributed by atoms with E-state index in [1.807, 2.05) is 18.2 Å². The van der Waals surface area contributed by atoms with Gasteiger partial charge in [0.2, 0.25) is 5.95 Å². The van der Waals surface area contributed by atoms with Gasteiger partial charge in [0, 0.05) is 43.2 Å². The average Bonchev–Trinajstić information content (AvgIpc) is 3.18. The Morgan fingerprint density at radius 3 is 2.77 bits per heavy atom. The van der Waals surface area contributed by atoms with E-state index in [2.05, 4.69) is 25.6 Å². The van der Waals surface area contributed by atoms with Gasteiger partial charge in [-0.2, -0.15) is 0 Å². The molecule has 1 fully saturated rings. The predicted molar refractivity (Wildman–Crippen MR) is 107 cm³/mol. The molecular formula is C20H22F2N6O2. The summed E-state index contributed by atoms with van der Waals surface area (Å²) in [6.07, 6.45) is 2.18. The summed E-state index contributed by atoms with van der Waals surface area (Å²) >= 11 is 0. The van der Waals surface area contributed by atoms with Crippen LogP contribution >= 0.6 is 0 Å². The Morgan fingerprint density at radius 1 is 1.27 bits per heavy atom. The molecule has 0 radical (unpaired) electrons. The number of carbonyl (C=O) groups is 1. The monoisotopic (exact) mass is 416 g/mol. The summed E-state index contributed by atoms with van der Waals surface area (Å²) in [5, 5.41) is 6.38. The number of rotatable bonds is 5. The van der Waals surface area contributed by atoms with Crippen molar-refractivity contribution in [3.63, 3.8) is 0 Å². The summed E-state index contributed by atoms with van der Waals surface area (Å²) in [6, 6.07) is 5.33. The molecule has 1 saturated heterocycles. The molecule has 30 heavy (non-hydrogen) atoms. The van der Waals surface area contributed by atoms with Crippen LogP contribution in [0.5, 0.6) is 0 Å². The first kappa shape index (κ1) is 20.1. The van der Waals surface area contributed by atoms with Gasteiger partial charge in [-0.1, -0.05) is 12.1 Å². The van der Waals surface area contributed by atoms with Crippen molar-refractivity contribution in [3.8, 4) is 11.3 Å². The standard InChI is InChI=1S/C20H22F2N6O2/c1-12-23-10-17(30-12)13-2-3-14-9-25-19(26-16(14)8-13)27-20(29)28-6-4-15(5-7-28)24-11-18(21)22/h2-3,8-10,15,18,24H,4-7,11H2,1H3,(H,25,26,27,29). The third-order valence-electron chi connectivity index (χ3n) is 5.05. The summed E-state index contributed by atoms with van der Waals surface area (Å²) in [7, 11) is 0. The number of hydrogen-bond donors (Lipinski definition) is 2. The van der Waals surface area contributed by atoms with E-state index in [0.717, 1.165) is 10.9 Å². The van der Waals surface area contributed by atoms with E-state index in [-0.39, 0.29) is 24.6 Å². The molecule has 3 heterocycles. The summed E-state index contributed by atoms with van der Waals surface area (Å²) < 4.78 is 30.2. The Labute approximate surface area is 171 Å². The molecule has 1 aromatic carbocycles. The third kappa shape index (κ3) is 4.70. The van der Waals surface area contributed by atoms with Crippen LogP contribution in [0, 0.1) is 6.92 Å². The highest BCUT2D eigenvalue weighted by molar-refractivity contribution is 5.89. The van der Waals surface area contributed by atoms with Gasteiger partial charge in [0.1, 0.15) is 0 Å². The Balaban J connectivity index is 1.40. The zero-order chi connectivity index (χ0) is 21.1. The van der Waals surface area contributed by atoms with Crippen molar-refractivity contribution < 1.29 is 18.0 Å². The SMILES string of the molecule is Cc1ncc(-c2ccc3cnc(NC(=O)N4CCC(NCC(F)F)CC4)nc3c2)o1. The van der Waals surface area contributed by atoms with Crippen LogP contribution in [0.4, 0.5) is 19.5 Å². The molecule has 0 aliphatic carbocycles. The van der Waals surface area contributed by atoms with Crippen LogP contribution in [0.3, 0.4) is 0 Å². The molecule has 0 atom stereocenters. The van der Waals surface area contributed by atoms with Crippen LogP contribution in [0.15, 0.2) is 35.0 Å². The van der Waals surface area contributed by atoms with E-state index in [4.69, 9.17) is 4.42 Å². The maximum atomic E-state index is 12.5. The molecule has 0 spiro atoms. The zero-order valence-corrected chi connectivity index (χ0v) is 16.4. The largest absolute Gasteiger partial charge is 0.441 e. The van der Waals surface area contributed by atoms with Gasteiger partial charge in [-0.05, 0) is 18.9 Å². The van der Waals surface area contributed by atoms with Gasteiger partial charge in [-0.15, -0.1) is 0 Å². The maximum absolute atomic E-state index is 12.5. The maximum Gasteiger partial charge on any atom is 0.324 e. The lowest BCUT2D eigenvalue weighted by Crippen LogP contribution is -2.47. The number of carbonyl (C=O) groups excluding carboxylic acids is 1. The number of nitrogens with one attached hydrogen (secondary N) is 2. The molecule has 2 amide bonds. The fourth-order valence-electron chi connectivity index (χ4n) is 3.45. The highest BCUT2D eigenvalue weighted by atomic mass is 19.3. The molecule has 4 rings (SSSR count). The number of piperidine rings is 1. The van der Waals surface area contributed by atoms with Crippen LogP contribution in [-0.4, -0.2) is 58.0 Å². The molecule has 1 aliphatic rings. The first-order valence-electron chi connectivity index (χ1n) is 9.75. The van der Waals surface area contributed by atoms with Gasteiger partial charge in [0.25, 0.3) is 6.43 Å². The number of alkyl halides is 2. The highest BCUT2D eigenvalue weighted by Crippen LogP contribution is 2.24. The van der Waals surface area contributed by atoms with Crippen molar-refractivity contribution in [3.05, 3.63) is 36.5 Å². The van der Waals surface area contributed by atoms with E-state index in [0.29, 0.717) is 43.1 Å². The van der Waals surface area contributed by atoms with Crippen molar-refractivity contribution in [1.29, 1.82) is 0 Å². The fraction of sp³-hybridized carbons (Fsp3) is 0.400. The minimum Gasteiger partial charge on any atom is -0.441 e. The first-order valence-corrected chi connectivity index (χ1v) is 9.75. The predicted octanol–water partition coefficient (Wildman–Crippen LogP) is 3.44. The van der Waals surface area contributed by atoms with Crippen molar-refractivity contribution in [2.45, 2.75) is 32.2 Å². The molecule has 8 nitrogen and oxygen atoms in total. The number of hydrogen-bond acceptors (Lipinski definition) is 6. The lowest BCUT2D eigenvalue weighted by atomic mass is 10.1. The second kappa shape index (κ2) is 8.70. The minimum absolute atomic E-state index is 0.00174. The van der Waals surface area contributed by atoms with Crippen molar-refractivity contribution in [1.82, 2.24) is 25.2 Å². The Bertz CT molecular complexity index is 1030. The van der Waals surface area contributed by atoms with Gasteiger partial charge >= 0.3 is 6.03 Å².